The van der Waals surface area contributed by atoms with Crippen LogP contribution in [0.4, 0.5) is 0 Å². The molecule has 1 atom stereocenters. The smallest absolute Gasteiger partial charge is 0.237 e. The van der Waals surface area contributed by atoms with Crippen molar-refractivity contribution in [1.82, 2.24) is 9.97 Å². The topological polar surface area (TPSA) is 50.3 Å². The third kappa shape index (κ3) is 1.53. The number of H-pyrrole nitrogens is 1. The van der Waals surface area contributed by atoms with E-state index in [2.05, 4.69) is 27.1 Å². The quantitative estimate of drug-likeness (QED) is 0.723. The molecule has 0 fully saturated rings. The lowest BCUT2D eigenvalue weighted by atomic mass is 10.1. The van der Waals surface area contributed by atoms with Crippen molar-refractivity contribution >= 4 is 27.7 Å². The van der Waals surface area contributed by atoms with E-state index in [4.69, 9.17) is 4.74 Å². The van der Waals surface area contributed by atoms with Gasteiger partial charge < -0.3 is 9.72 Å². The molecule has 0 saturated heterocycles. The highest BCUT2D eigenvalue weighted by Crippen LogP contribution is 2.27. The van der Waals surface area contributed by atoms with Crippen LogP contribution in [-0.2, 0) is 4.74 Å². The number of hydrogen-bond donors (Lipinski definition) is 1. The van der Waals surface area contributed by atoms with Crippen molar-refractivity contribution in [2.75, 3.05) is 6.61 Å². The Morgan fingerprint density at radius 1 is 1.21 bits per heavy atom. The summed E-state index contributed by atoms with van der Waals surface area (Å²) < 4.78 is 5.62. The van der Waals surface area contributed by atoms with Crippen LogP contribution in [-0.4, -0.2) is 28.5 Å². The predicted molar refractivity (Wildman–Crippen MR) is 75.6 cm³/mol. The zero-order valence-electron chi connectivity index (χ0n) is 10.6. The first kappa shape index (κ1) is 10.6. The molecule has 1 N–H and O–H groups in total. The van der Waals surface area contributed by atoms with Crippen molar-refractivity contribution in [3.63, 3.8) is 0 Å². The number of fused-ring (bicyclic) bond motifs is 3. The first-order valence-electron chi connectivity index (χ1n) is 6.39. The van der Waals surface area contributed by atoms with E-state index in [1.54, 1.807) is 0 Å². The van der Waals surface area contributed by atoms with Crippen LogP contribution >= 0.6 is 0 Å². The molecule has 19 heavy (non-hydrogen) atoms. The molecule has 4 nitrogen and oxygen atoms in total. The Balaban J connectivity index is 2.04. The van der Waals surface area contributed by atoms with Gasteiger partial charge in [0.1, 0.15) is 12.3 Å². The van der Waals surface area contributed by atoms with Gasteiger partial charge in [-0.15, -0.1) is 0 Å². The molecule has 0 bridgehead atoms. The largest absolute Gasteiger partial charge is 0.474 e. The second kappa shape index (κ2) is 3.82. The van der Waals surface area contributed by atoms with E-state index in [1.807, 2.05) is 31.3 Å². The minimum atomic E-state index is 0.205. The van der Waals surface area contributed by atoms with Crippen molar-refractivity contribution in [3.05, 3.63) is 42.2 Å². The fraction of sp³-hybridized carbons (Fsp3) is 0.200. The van der Waals surface area contributed by atoms with Gasteiger partial charge in [0.25, 0.3) is 0 Å². The van der Waals surface area contributed by atoms with Crippen LogP contribution in [0.5, 0.6) is 0 Å². The van der Waals surface area contributed by atoms with E-state index in [-0.39, 0.29) is 6.04 Å². The van der Waals surface area contributed by atoms with Crippen molar-refractivity contribution in [2.45, 2.75) is 13.0 Å². The molecule has 2 aromatic heterocycles. The van der Waals surface area contributed by atoms with Gasteiger partial charge in [-0.1, -0.05) is 18.2 Å². The van der Waals surface area contributed by atoms with Gasteiger partial charge in [0.15, 0.2) is 0 Å². The van der Waals surface area contributed by atoms with Gasteiger partial charge >= 0.3 is 0 Å². The summed E-state index contributed by atoms with van der Waals surface area (Å²) in [6.45, 7) is 2.67. The lowest BCUT2D eigenvalue weighted by molar-refractivity contribution is 0.323. The first-order chi connectivity index (χ1) is 9.33. The minimum Gasteiger partial charge on any atom is -0.474 e. The Morgan fingerprint density at radius 3 is 2.95 bits per heavy atom. The van der Waals surface area contributed by atoms with E-state index in [0.29, 0.717) is 12.5 Å². The monoisotopic (exact) mass is 251 g/mol. The number of hydrogen-bond acceptors (Lipinski definition) is 3. The molecule has 0 radical (unpaired) electrons. The molecule has 0 unspecified atom stereocenters. The standard InChI is InChI=1S/C15H13N3O/c1-9-8-19-15(17-9)14-13-11(6-7-16-14)10-4-2-3-5-12(10)18-13/h2-7,9,18H,8H2,1H3/t9-/m0/s1. The van der Waals surface area contributed by atoms with E-state index < -0.39 is 0 Å². The summed E-state index contributed by atoms with van der Waals surface area (Å²) in [5.41, 5.74) is 2.91. The lowest BCUT2D eigenvalue weighted by Gasteiger charge is -2.01. The second-order valence-corrected chi connectivity index (χ2v) is 4.85. The van der Waals surface area contributed by atoms with Crippen LogP contribution in [0.2, 0.25) is 0 Å². The van der Waals surface area contributed by atoms with Gasteiger partial charge in [0.2, 0.25) is 5.90 Å². The molecule has 1 aromatic carbocycles. The van der Waals surface area contributed by atoms with Gasteiger partial charge in [-0.25, -0.2) is 9.98 Å². The van der Waals surface area contributed by atoms with Crippen molar-refractivity contribution in [3.8, 4) is 0 Å². The molecule has 4 heteroatoms. The summed E-state index contributed by atoms with van der Waals surface area (Å²) in [5.74, 6) is 0.643. The Morgan fingerprint density at radius 2 is 2.11 bits per heavy atom. The fourth-order valence-electron chi connectivity index (χ4n) is 2.54. The number of para-hydroxylation sites is 1. The number of rotatable bonds is 1. The summed E-state index contributed by atoms with van der Waals surface area (Å²) in [7, 11) is 0. The highest BCUT2D eigenvalue weighted by atomic mass is 16.5. The Bertz CT molecular complexity index is 803. The number of ether oxygens (including phenoxy) is 1. The average Bonchev–Trinajstić information content (AvgIpc) is 3.02. The van der Waals surface area contributed by atoms with Crippen LogP contribution in [0.15, 0.2) is 41.5 Å². The zero-order valence-corrected chi connectivity index (χ0v) is 10.6. The molecule has 0 aliphatic carbocycles. The molecule has 1 aliphatic rings. The van der Waals surface area contributed by atoms with Crippen molar-refractivity contribution < 1.29 is 4.74 Å². The van der Waals surface area contributed by atoms with Crippen LogP contribution < -0.4 is 0 Å². The van der Waals surface area contributed by atoms with E-state index >= 15 is 0 Å². The highest BCUT2D eigenvalue weighted by Gasteiger charge is 2.20. The third-order valence-electron chi connectivity index (χ3n) is 3.43. The third-order valence-corrected chi connectivity index (χ3v) is 3.43. The maximum absolute atomic E-state index is 5.62. The Labute approximate surface area is 110 Å². The highest BCUT2D eigenvalue weighted by molar-refractivity contribution is 6.14. The average molecular weight is 251 g/mol. The molecule has 3 aromatic rings. The summed E-state index contributed by atoms with van der Waals surface area (Å²) in [6.07, 6.45) is 1.81. The second-order valence-electron chi connectivity index (χ2n) is 4.85. The van der Waals surface area contributed by atoms with Crippen LogP contribution in [0, 0.1) is 0 Å². The normalized spacial score (nSPS) is 18.8. The summed E-state index contributed by atoms with van der Waals surface area (Å²) in [5, 5.41) is 2.36. The summed E-state index contributed by atoms with van der Waals surface area (Å²) in [4.78, 5) is 12.3. The zero-order chi connectivity index (χ0) is 12.8. The van der Waals surface area contributed by atoms with E-state index in [1.165, 1.54) is 5.39 Å². The van der Waals surface area contributed by atoms with Gasteiger partial charge in [0, 0.05) is 22.5 Å². The maximum Gasteiger partial charge on any atom is 0.237 e. The predicted octanol–water partition coefficient (Wildman–Crippen LogP) is 2.88. The maximum atomic E-state index is 5.62. The molecule has 0 amide bonds. The molecule has 0 spiro atoms. The van der Waals surface area contributed by atoms with Crippen LogP contribution in [0.3, 0.4) is 0 Å². The molecule has 0 saturated carbocycles. The van der Waals surface area contributed by atoms with Gasteiger partial charge in [-0.3, -0.25) is 0 Å². The molecular weight excluding hydrogens is 238 g/mol. The van der Waals surface area contributed by atoms with Gasteiger partial charge in [-0.2, -0.15) is 0 Å². The lowest BCUT2D eigenvalue weighted by Crippen LogP contribution is -2.04. The minimum absolute atomic E-state index is 0.205. The van der Waals surface area contributed by atoms with Crippen LogP contribution in [0.1, 0.15) is 12.6 Å². The molecule has 94 valence electrons. The van der Waals surface area contributed by atoms with Gasteiger partial charge in [-0.05, 0) is 19.1 Å². The van der Waals surface area contributed by atoms with Gasteiger partial charge in [0.05, 0.1) is 11.6 Å². The Hall–Kier alpha value is -2.36. The summed E-state index contributed by atoms with van der Waals surface area (Å²) >= 11 is 0. The number of pyridine rings is 1. The SMILES string of the molecule is C[C@H]1COC(c2nccc3c2[nH]c2ccccc23)=N1. The Kier molecular flexibility index (Phi) is 2.12. The van der Waals surface area contributed by atoms with Crippen LogP contribution in [0.25, 0.3) is 21.8 Å². The number of benzene rings is 1. The number of nitrogens with zero attached hydrogens (tertiary/aromatic N) is 2. The number of aromatic nitrogens is 2. The van der Waals surface area contributed by atoms with E-state index in [0.717, 1.165) is 22.1 Å². The van der Waals surface area contributed by atoms with Crippen molar-refractivity contribution in [2.24, 2.45) is 4.99 Å². The number of aromatic amines is 1. The van der Waals surface area contributed by atoms with E-state index in [9.17, 15) is 0 Å². The first-order valence-corrected chi connectivity index (χ1v) is 6.39. The summed E-state index contributed by atoms with van der Waals surface area (Å²) in [6, 6.07) is 10.5. The fourth-order valence-corrected chi connectivity index (χ4v) is 2.54. The molecule has 4 rings (SSSR count). The molecule has 1 aliphatic heterocycles. The molecular formula is C15H13N3O. The molecule has 3 heterocycles. The number of nitrogens with one attached hydrogen (secondary N) is 1. The van der Waals surface area contributed by atoms with Crippen molar-refractivity contribution in [1.29, 1.82) is 0 Å². The number of aliphatic imine (C=N–C) groups is 1.